The Morgan fingerprint density at radius 2 is 1.57 bits per heavy atom. The van der Waals surface area contributed by atoms with Gasteiger partial charge in [-0.3, -0.25) is 0 Å². The van der Waals surface area contributed by atoms with Gasteiger partial charge >= 0.3 is 0 Å². The molecule has 0 fully saturated rings. The molecule has 0 radical (unpaired) electrons. The summed E-state index contributed by atoms with van der Waals surface area (Å²) in [4.78, 5) is 5.42. The van der Waals surface area contributed by atoms with Crippen LogP contribution in [0.25, 0.3) is 0 Å². The molecule has 0 saturated heterocycles. The third-order valence-corrected chi connectivity index (χ3v) is 4.60. The average molecular weight is 343 g/mol. The molecule has 23 heavy (non-hydrogen) atoms. The predicted molar refractivity (Wildman–Crippen MR) is 106 cm³/mol. The van der Waals surface area contributed by atoms with Crippen LogP contribution >= 0.6 is 24.0 Å². The Morgan fingerprint density at radius 1 is 1.00 bits per heavy atom. The van der Waals surface area contributed by atoms with E-state index in [9.17, 15) is 0 Å². The summed E-state index contributed by atoms with van der Waals surface area (Å²) in [6.07, 6.45) is 0. The summed E-state index contributed by atoms with van der Waals surface area (Å²) in [5.74, 6) is 0.454. The van der Waals surface area contributed by atoms with E-state index in [0.29, 0.717) is 10.2 Å². The zero-order valence-corrected chi connectivity index (χ0v) is 15.6. The van der Waals surface area contributed by atoms with Crippen LogP contribution in [-0.4, -0.2) is 10.2 Å². The Kier molecular flexibility index (Phi) is 5.60. The Labute approximate surface area is 148 Å². The Bertz CT molecular complexity index is 709. The first kappa shape index (κ1) is 17.7. The highest BCUT2D eigenvalue weighted by molar-refractivity contribution is 8.23. The molecule has 2 rings (SSSR count). The smallest absolute Gasteiger partial charge is 0.166 e. The van der Waals surface area contributed by atoms with E-state index in [4.69, 9.17) is 18.0 Å². The molecular formula is C19H22N2S2. The first-order valence-electron chi connectivity index (χ1n) is 7.49. The number of nitrogens with zero attached hydrogens (tertiary/aromatic N) is 1. The number of hydrogen-bond acceptors (Lipinski definition) is 2. The summed E-state index contributed by atoms with van der Waals surface area (Å²) in [7, 11) is 0. The van der Waals surface area contributed by atoms with E-state index in [0.717, 1.165) is 10.5 Å². The topological polar surface area (TPSA) is 38.4 Å². The Morgan fingerprint density at radius 3 is 2.09 bits per heavy atom. The monoisotopic (exact) mass is 342 g/mol. The van der Waals surface area contributed by atoms with Crippen molar-refractivity contribution in [1.82, 2.24) is 0 Å². The van der Waals surface area contributed by atoms with Crippen LogP contribution < -0.4 is 5.73 Å². The predicted octanol–water partition coefficient (Wildman–Crippen LogP) is 5.08. The third kappa shape index (κ3) is 5.19. The largest absolute Gasteiger partial charge is 0.383 e. The molecular weight excluding hydrogens is 320 g/mol. The van der Waals surface area contributed by atoms with Gasteiger partial charge in [0.05, 0.1) is 0 Å². The fourth-order valence-corrected chi connectivity index (χ4v) is 3.04. The van der Waals surface area contributed by atoms with Crippen LogP contribution in [0.4, 0.5) is 0 Å². The maximum atomic E-state index is 6.08. The number of thioether (sulfide) groups is 1. The molecule has 0 aliphatic rings. The van der Waals surface area contributed by atoms with Gasteiger partial charge in [-0.05, 0) is 30.0 Å². The number of hydrogen-bond donors (Lipinski definition) is 1. The Balaban J connectivity index is 2.09. The molecule has 0 bridgehead atoms. The van der Waals surface area contributed by atoms with Crippen LogP contribution in [0.5, 0.6) is 0 Å². The lowest BCUT2D eigenvalue weighted by Crippen LogP contribution is -2.16. The minimum atomic E-state index is 0.126. The van der Waals surface area contributed by atoms with Crippen molar-refractivity contribution in [3.05, 3.63) is 65.2 Å². The van der Waals surface area contributed by atoms with Crippen molar-refractivity contribution in [3.8, 4) is 0 Å². The van der Waals surface area contributed by atoms with Gasteiger partial charge in [-0.15, -0.1) is 0 Å². The normalized spacial score (nSPS) is 12.3. The highest BCUT2D eigenvalue weighted by Gasteiger charge is 2.13. The molecule has 0 spiro atoms. The summed E-state index contributed by atoms with van der Waals surface area (Å²) in [5.41, 5.74) is 9.59. The molecule has 120 valence electrons. The third-order valence-electron chi connectivity index (χ3n) is 3.48. The lowest BCUT2D eigenvalue weighted by molar-refractivity contribution is 0.590. The molecule has 0 unspecified atom stereocenters. The summed E-state index contributed by atoms with van der Waals surface area (Å²) in [6.45, 7) is 8.62. The second-order valence-electron chi connectivity index (χ2n) is 6.51. The van der Waals surface area contributed by atoms with Gasteiger partial charge in [0.25, 0.3) is 0 Å². The van der Waals surface area contributed by atoms with Gasteiger partial charge in [0, 0.05) is 10.5 Å². The minimum absolute atomic E-state index is 0.126. The number of aliphatic imine (C=N–C) groups is 1. The van der Waals surface area contributed by atoms with Gasteiger partial charge in [0.2, 0.25) is 0 Å². The van der Waals surface area contributed by atoms with Crippen molar-refractivity contribution >= 4 is 34.1 Å². The molecule has 0 aliphatic carbocycles. The Hall–Kier alpha value is -1.65. The lowest BCUT2D eigenvalue weighted by Gasteiger charge is -2.19. The number of benzene rings is 2. The van der Waals surface area contributed by atoms with Crippen molar-refractivity contribution in [2.24, 2.45) is 10.7 Å². The second kappa shape index (κ2) is 7.28. The molecule has 0 saturated carbocycles. The van der Waals surface area contributed by atoms with Gasteiger partial charge in [-0.25, -0.2) is 4.99 Å². The molecule has 2 N–H and O–H groups in total. The maximum absolute atomic E-state index is 6.08. The molecule has 0 atom stereocenters. The number of nitrogens with two attached hydrogens (primary N) is 1. The first-order valence-corrected chi connectivity index (χ1v) is 8.72. The number of amidine groups is 1. The quantitative estimate of drug-likeness (QED) is 0.358. The van der Waals surface area contributed by atoms with Crippen molar-refractivity contribution in [1.29, 1.82) is 0 Å². The van der Waals surface area contributed by atoms with E-state index in [1.165, 1.54) is 22.9 Å². The summed E-state index contributed by atoms with van der Waals surface area (Å²) in [6, 6.07) is 16.4. The van der Waals surface area contributed by atoms with Crippen LogP contribution in [0, 0.1) is 6.92 Å². The molecule has 2 aromatic rings. The van der Waals surface area contributed by atoms with E-state index in [2.05, 4.69) is 57.0 Å². The molecule has 2 aromatic carbocycles. The molecule has 0 heterocycles. The van der Waals surface area contributed by atoms with Crippen molar-refractivity contribution in [2.45, 2.75) is 38.0 Å². The molecule has 4 heteroatoms. The first-order chi connectivity index (χ1) is 10.8. The zero-order chi connectivity index (χ0) is 17.0. The average Bonchev–Trinajstić information content (AvgIpc) is 2.49. The van der Waals surface area contributed by atoms with E-state index < -0.39 is 0 Å². The van der Waals surface area contributed by atoms with Crippen LogP contribution in [0.15, 0.2) is 58.4 Å². The lowest BCUT2D eigenvalue weighted by atomic mass is 9.87. The van der Waals surface area contributed by atoms with Crippen LogP contribution in [0.3, 0.4) is 0 Å². The fraction of sp³-hybridized carbons (Fsp3) is 0.263. The van der Waals surface area contributed by atoms with E-state index in [-0.39, 0.29) is 5.41 Å². The minimum Gasteiger partial charge on any atom is -0.383 e. The number of thiocarbonyl (C=S) groups is 1. The fourth-order valence-electron chi connectivity index (χ4n) is 2.03. The van der Waals surface area contributed by atoms with Gasteiger partial charge in [0.15, 0.2) is 4.32 Å². The maximum Gasteiger partial charge on any atom is 0.166 e. The van der Waals surface area contributed by atoms with E-state index >= 15 is 0 Å². The zero-order valence-electron chi connectivity index (χ0n) is 14.0. The number of rotatable bonds is 2. The van der Waals surface area contributed by atoms with Crippen LogP contribution in [0.2, 0.25) is 0 Å². The van der Waals surface area contributed by atoms with Crippen LogP contribution in [0.1, 0.15) is 37.5 Å². The SMILES string of the molecule is Cc1ccc(SC(=S)/N=C(\N)c2ccc(C(C)(C)C)cc2)cc1. The molecule has 0 aliphatic heterocycles. The van der Waals surface area contributed by atoms with Gasteiger partial charge in [-0.1, -0.05) is 86.7 Å². The standard InChI is InChI=1S/C19H22N2S2/c1-13-5-11-16(12-6-13)23-18(22)21-17(20)14-7-9-15(10-8-14)19(2,3)4/h5-12H,1-4H3,(H2,20,21,22). The van der Waals surface area contributed by atoms with Gasteiger partial charge in [0.1, 0.15) is 5.84 Å². The van der Waals surface area contributed by atoms with Crippen molar-refractivity contribution in [2.75, 3.05) is 0 Å². The summed E-state index contributed by atoms with van der Waals surface area (Å²) in [5, 5.41) is 0. The highest BCUT2D eigenvalue weighted by atomic mass is 32.2. The highest BCUT2D eigenvalue weighted by Crippen LogP contribution is 2.23. The number of aryl methyl sites for hydroxylation is 1. The van der Waals surface area contributed by atoms with Gasteiger partial charge < -0.3 is 5.73 Å². The second-order valence-corrected chi connectivity index (χ2v) is 8.21. The summed E-state index contributed by atoms with van der Waals surface area (Å²) < 4.78 is 0.520. The van der Waals surface area contributed by atoms with Crippen molar-refractivity contribution in [3.63, 3.8) is 0 Å². The molecule has 0 amide bonds. The van der Waals surface area contributed by atoms with Crippen LogP contribution in [-0.2, 0) is 5.41 Å². The van der Waals surface area contributed by atoms with Crippen molar-refractivity contribution < 1.29 is 0 Å². The van der Waals surface area contributed by atoms with E-state index in [1.807, 2.05) is 24.3 Å². The van der Waals surface area contributed by atoms with E-state index in [1.54, 1.807) is 0 Å². The summed E-state index contributed by atoms with van der Waals surface area (Å²) >= 11 is 6.77. The molecule has 0 aromatic heterocycles. The van der Waals surface area contributed by atoms with Gasteiger partial charge in [-0.2, -0.15) is 0 Å². The molecule has 2 nitrogen and oxygen atoms in total.